The molecule has 0 radical (unpaired) electrons. The second-order valence-corrected chi connectivity index (χ2v) is 8.80. The molecule has 0 spiro atoms. The normalized spacial score (nSPS) is 18.2. The molecule has 1 atom stereocenters. The summed E-state index contributed by atoms with van der Waals surface area (Å²) in [6.45, 7) is 3.03. The first kappa shape index (κ1) is 19.3. The number of hydrogen-bond acceptors (Lipinski definition) is 6. The van der Waals surface area contributed by atoms with Crippen molar-refractivity contribution in [2.24, 2.45) is 0 Å². The summed E-state index contributed by atoms with van der Waals surface area (Å²) in [6, 6.07) is 11.4. The molecule has 1 N–H and O–H groups in total. The lowest BCUT2D eigenvalue weighted by atomic mass is 10.1. The van der Waals surface area contributed by atoms with Crippen LogP contribution in [0.25, 0.3) is 0 Å². The highest BCUT2D eigenvalue weighted by atomic mass is 32.2. The number of hydrogen-bond donors (Lipinski definition) is 1. The fraction of sp³-hybridized carbons (Fsp3) is 0.421. The fourth-order valence-corrected chi connectivity index (χ4v) is 4.98. The number of amides is 1. The van der Waals surface area contributed by atoms with Crippen LogP contribution in [0.2, 0.25) is 0 Å². The Morgan fingerprint density at radius 1 is 1.26 bits per heavy atom. The summed E-state index contributed by atoms with van der Waals surface area (Å²) >= 11 is 0. The van der Waals surface area contributed by atoms with Crippen molar-refractivity contribution in [3.63, 3.8) is 0 Å². The summed E-state index contributed by atoms with van der Waals surface area (Å²) in [6.07, 6.45) is 2.85. The maximum absolute atomic E-state index is 12.4. The second-order valence-electron chi connectivity index (χ2n) is 6.58. The lowest BCUT2D eigenvalue weighted by Crippen LogP contribution is -2.38. The minimum atomic E-state index is -3.00. The van der Waals surface area contributed by atoms with Crippen LogP contribution in [-0.4, -0.2) is 54.9 Å². The number of anilines is 1. The quantitative estimate of drug-likeness (QED) is 0.772. The summed E-state index contributed by atoms with van der Waals surface area (Å²) in [5.74, 6) is 0.436. The van der Waals surface area contributed by atoms with Gasteiger partial charge in [-0.05, 0) is 31.4 Å². The third-order valence-corrected chi connectivity index (χ3v) is 6.41. The van der Waals surface area contributed by atoms with Crippen molar-refractivity contribution in [3.8, 4) is 0 Å². The molecule has 2 aromatic rings. The molecule has 1 unspecified atom stereocenters. The van der Waals surface area contributed by atoms with Crippen molar-refractivity contribution in [1.29, 1.82) is 0 Å². The third kappa shape index (κ3) is 5.03. The summed E-state index contributed by atoms with van der Waals surface area (Å²) in [7, 11) is -3.00. The van der Waals surface area contributed by atoms with Crippen LogP contribution in [0.1, 0.15) is 29.4 Å². The van der Waals surface area contributed by atoms with Crippen molar-refractivity contribution in [1.82, 2.24) is 15.3 Å². The number of aromatic nitrogens is 2. The van der Waals surface area contributed by atoms with Gasteiger partial charge in [0.2, 0.25) is 5.95 Å². The molecule has 1 saturated heterocycles. The van der Waals surface area contributed by atoms with Gasteiger partial charge < -0.3 is 10.2 Å². The molecule has 0 saturated carbocycles. The average Bonchev–Trinajstić information content (AvgIpc) is 3.03. The molecule has 1 amide bonds. The zero-order valence-electron chi connectivity index (χ0n) is 15.3. The molecule has 144 valence electrons. The molecular weight excluding hydrogens is 364 g/mol. The summed E-state index contributed by atoms with van der Waals surface area (Å²) in [5, 5.41) is 2.87. The topological polar surface area (TPSA) is 92.3 Å². The monoisotopic (exact) mass is 388 g/mol. The third-order valence-electron chi connectivity index (χ3n) is 4.66. The van der Waals surface area contributed by atoms with Crippen LogP contribution < -0.4 is 10.2 Å². The van der Waals surface area contributed by atoms with Gasteiger partial charge in [-0.15, -0.1) is 0 Å². The van der Waals surface area contributed by atoms with Gasteiger partial charge in [0.1, 0.15) is 5.69 Å². The number of rotatable bonds is 7. The summed E-state index contributed by atoms with van der Waals surface area (Å²) in [5.41, 5.74) is 1.44. The zero-order chi connectivity index (χ0) is 19.3. The van der Waals surface area contributed by atoms with E-state index in [9.17, 15) is 13.2 Å². The highest BCUT2D eigenvalue weighted by molar-refractivity contribution is 7.91. The molecule has 8 heteroatoms. The van der Waals surface area contributed by atoms with Crippen LogP contribution in [0, 0.1) is 0 Å². The molecule has 2 heterocycles. The van der Waals surface area contributed by atoms with E-state index >= 15 is 0 Å². The van der Waals surface area contributed by atoms with E-state index in [0.717, 1.165) is 12.0 Å². The van der Waals surface area contributed by atoms with Gasteiger partial charge >= 0.3 is 0 Å². The van der Waals surface area contributed by atoms with Crippen molar-refractivity contribution in [3.05, 3.63) is 53.9 Å². The van der Waals surface area contributed by atoms with Crippen molar-refractivity contribution in [2.45, 2.75) is 25.8 Å². The van der Waals surface area contributed by atoms with Crippen LogP contribution in [0.15, 0.2) is 42.6 Å². The number of carbonyl (C=O) groups excluding carboxylic acids is 1. The Bertz CT molecular complexity index is 887. The van der Waals surface area contributed by atoms with Gasteiger partial charge in [-0.2, -0.15) is 0 Å². The molecule has 1 aromatic heterocycles. The smallest absolute Gasteiger partial charge is 0.270 e. The predicted molar refractivity (Wildman–Crippen MR) is 105 cm³/mol. The fourth-order valence-electron chi connectivity index (χ4n) is 3.25. The van der Waals surface area contributed by atoms with Crippen LogP contribution in [-0.2, 0) is 16.3 Å². The van der Waals surface area contributed by atoms with E-state index in [1.54, 1.807) is 12.3 Å². The van der Waals surface area contributed by atoms with E-state index < -0.39 is 9.84 Å². The van der Waals surface area contributed by atoms with E-state index in [4.69, 9.17) is 0 Å². The predicted octanol–water partition coefficient (Wildman–Crippen LogP) is 1.46. The maximum atomic E-state index is 12.4. The van der Waals surface area contributed by atoms with Crippen molar-refractivity contribution >= 4 is 21.7 Å². The van der Waals surface area contributed by atoms with Crippen LogP contribution in [0.5, 0.6) is 0 Å². The average molecular weight is 388 g/mol. The Hall–Kier alpha value is -2.48. The molecule has 3 rings (SSSR count). The Labute approximate surface area is 159 Å². The minimum Gasteiger partial charge on any atom is -0.350 e. The summed E-state index contributed by atoms with van der Waals surface area (Å²) < 4.78 is 23.5. The first-order valence-corrected chi connectivity index (χ1v) is 10.9. The van der Waals surface area contributed by atoms with Gasteiger partial charge in [-0.1, -0.05) is 30.3 Å². The van der Waals surface area contributed by atoms with E-state index in [1.807, 2.05) is 42.2 Å². The first-order valence-electron chi connectivity index (χ1n) is 9.11. The lowest BCUT2D eigenvalue weighted by molar-refractivity contribution is 0.0949. The number of sulfone groups is 1. The van der Waals surface area contributed by atoms with Gasteiger partial charge in [0.05, 0.1) is 11.5 Å². The van der Waals surface area contributed by atoms with Gasteiger partial charge in [0, 0.05) is 25.3 Å². The Balaban J connectivity index is 1.64. The Morgan fingerprint density at radius 3 is 2.70 bits per heavy atom. The van der Waals surface area contributed by atoms with Gasteiger partial charge in [-0.25, -0.2) is 18.4 Å². The molecule has 1 aliphatic heterocycles. The molecule has 1 fully saturated rings. The van der Waals surface area contributed by atoms with Gasteiger partial charge in [-0.3, -0.25) is 4.79 Å². The van der Waals surface area contributed by atoms with Crippen molar-refractivity contribution < 1.29 is 13.2 Å². The van der Waals surface area contributed by atoms with E-state index in [-0.39, 0.29) is 29.1 Å². The Kier molecular flexibility index (Phi) is 6.05. The lowest BCUT2D eigenvalue weighted by Gasteiger charge is -2.26. The zero-order valence-corrected chi connectivity index (χ0v) is 16.2. The largest absolute Gasteiger partial charge is 0.350 e. The van der Waals surface area contributed by atoms with Gasteiger partial charge in [0.25, 0.3) is 5.91 Å². The summed E-state index contributed by atoms with van der Waals surface area (Å²) in [4.78, 5) is 22.9. The molecule has 7 nitrogen and oxygen atoms in total. The van der Waals surface area contributed by atoms with Crippen LogP contribution in [0.4, 0.5) is 5.95 Å². The first-order chi connectivity index (χ1) is 13.0. The standard InChI is InChI=1S/C19H24N4O3S/c1-2-23(16-10-13-27(25,26)14-16)19-21-12-9-17(22-19)18(24)20-11-8-15-6-4-3-5-7-15/h3-7,9,12,16H,2,8,10-11,13-14H2,1H3,(H,20,24). The molecule has 0 bridgehead atoms. The number of benzene rings is 1. The Morgan fingerprint density at radius 2 is 2.04 bits per heavy atom. The van der Waals surface area contributed by atoms with Crippen LogP contribution >= 0.6 is 0 Å². The molecule has 0 aliphatic carbocycles. The maximum Gasteiger partial charge on any atom is 0.270 e. The number of carbonyl (C=O) groups is 1. The molecule has 1 aliphatic rings. The number of nitrogens with one attached hydrogen (secondary N) is 1. The molecular formula is C19H24N4O3S. The van der Waals surface area contributed by atoms with Crippen LogP contribution in [0.3, 0.4) is 0 Å². The van der Waals surface area contributed by atoms with E-state index in [1.165, 1.54) is 0 Å². The van der Waals surface area contributed by atoms with E-state index in [2.05, 4.69) is 15.3 Å². The molecule has 1 aromatic carbocycles. The molecule has 27 heavy (non-hydrogen) atoms. The highest BCUT2D eigenvalue weighted by Gasteiger charge is 2.33. The number of nitrogens with zero attached hydrogens (tertiary/aromatic N) is 3. The van der Waals surface area contributed by atoms with E-state index in [0.29, 0.717) is 25.5 Å². The van der Waals surface area contributed by atoms with Crippen molar-refractivity contribution in [2.75, 3.05) is 29.5 Å². The highest BCUT2D eigenvalue weighted by Crippen LogP contribution is 2.21. The minimum absolute atomic E-state index is 0.109. The van der Waals surface area contributed by atoms with Gasteiger partial charge in [0.15, 0.2) is 9.84 Å². The SMILES string of the molecule is CCN(c1nccc(C(=O)NCCc2ccccc2)n1)C1CCS(=O)(=O)C1. The second kappa shape index (κ2) is 8.47.